The fourth-order valence-corrected chi connectivity index (χ4v) is 5.95. The van der Waals surface area contributed by atoms with Gasteiger partial charge < -0.3 is 10.2 Å². The van der Waals surface area contributed by atoms with Gasteiger partial charge in [-0.15, -0.1) is 0 Å². The molecule has 1 saturated heterocycles. The topological polar surface area (TPSA) is 32.3 Å². The number of rotatable bonds is 1. The molecule has 1 aliphatic heterocycles. The van der Waals surface area contributed by atoms with E-state index in [-0.39, 0.29) is 5.91 Å². The van der Waals surface area contributed by atoms with Gasteiger partial charge in [0.25, 0.3) is 0 Å². The summed E-state index contributed by atoms with van der Waals surface area (Å²) in [5.74, 6) is 5.13. The Morgan fingerprint density at radius 3 is 2.26 bits per heavy atom. The van der Waals surface area contributed by atoms with Gasteiger partial charge in [0.2, 0.25) is 5.91 Å². The Kier molecular flexibility index (Phi) is 2.87. The molecule has 0 aromatic heterocycles. The van der Waals surface area contributed by atoms with Crippen LogP contribution in [0, 0.1) is 29.6 Å². The molecular weight excluding hydrogens is 236 g/mol. The monoisotopic (exact) mass is 262 g/mol. The summed E-state index contributed by atoms with van der Waals surface area (Å²) in [6.45, 7) is 4.58. The highest BCUT2D eigenvalue weighted by Gasteiger charge is 2.50. The van der Waals surface area contributed by atoms with Crippen molar-refractivity contribution in [2.75, 3.05) is 19.6 Å². The smallest absolute Gasteiger partial charge is 0.219 e. The van der Waals surface area contributed by atoms with Crippen LogP contribution in [0.2, 0.25) is 0 Å². The second-order valence-electron chi connectivity index (χ2n) is 7.53. The quantitative estimate of drug-likeness (QED) is 0.782. The van der Waals surface area contributed by atoms with Crippen LogP contribution < -0.4 is 5.32 Å². The zero-order valence-electron chi connectivity index (χ0n) is 12.0. The van der Waals surface area contributed by atoms with E-state index >= 15 is 0 Å². The van der Waals surface area contributed by atoms with Crippen LogP contribution in [-0.4, -0.2) is 36.5 Å². The summed E-state index contributed by atoms with van der Waals surface area (Å²) in [5.41, 5.74) is 0. The number of hydrogen-bond donors (Lipinski definition) is 1. The second kappa shape index (κ2) is 4.47. The molecule has 19 heavy (non-hydrogen) atoms. The van der Waals surface area contributed by atoms with Gasteiger partial charge in [0.1, 0.15) is 0 Å². The molecule has 0 aromatic carbocycles. The van der Waals surface area contributed by atoms with E-state index in [1.165, 1.54) is 32.1 Å². The zero-order chi connectivity index (χ0) is 13.0. The number of nitrogens with one attached hydrogen (secondary N) is 1. The minimum Gasteiger partial charge on any atom is -0.340 e. The number of piperazine rings is 1. The van der Waals surface area contributed by atoms with Crippen molar-refractivity contribution < 1.29 is 4.79 Å². The molecule has 106 valence electrons. The Bertz CT molecular complexity index is 353. The first-order chi connectivity index (χ1) is 9.20. The molecule has 4 bridgehead atoms. The molecule has 0 spiro atoms. The molecule has 1 heterocycles. The number of carbonyl (C=O) groups is 1. The summed E-state index contributed by atoms with van der Waals surface area (Å²) < 4.78 is 0. The van der Waals surface area contributed by atoms with Crippen molar-refractivity contribution in [2.24, 2.45) is 29.6 Å². The average molecular weight is 262 g/mol. The average Bonchev–Trinajstić information content (AvgIpc) is 2.37. The Labute approximate surface area is 116 Å². The molecule has 5 aliphatic rings. The van der Waals surface area contributed by atoms with Gasteiger partial charge in [0.15, 0.2) is 0 Å². The standard InChI is InChI=1S/C16H26N2O/c1-10(19)18-3-2-17-15(9-18)16-13-5-11-4-12(7-13)8-14(16)6-11/h11-17H,2-9H2,1H3. The van der Waals surface area contributed by atoms with Gasteiger partial charge in [0.05, 0.1) is 0 Å². The number of carbonyl (C=O) groups excluding carboxylic acids is 1. The Hall–Kier alpha value is -0.570. The summed E-state index contributed by atoms with van der Waals surface area (Å²) in [5, 5.41) is 3.74. The zero-order valence-corrected chi connectivity index (χ0v) is 12.0. The molecule has 4 saturated carbocycles. The first kappa shape index (κ1) is 12.2. The van der Waals surface area contributed by atoms with Gasteiger partial charge in [-0.05, 0) is 61.7 Å². The highest BCUT2D eigenvalue weighted by atomic mass is 16.2. The molecule has 5 rings (SSSR count). The van der Waals surface area contributed by atoms with E-state index in [9.17, 15) is 4.79 Å². The molecule has 1 unspecified atom stereocenters. The van der Waals surface area contributed by atoms with Crippen LogP contribution in [0.1, 0.15) is 39.0 Å². The summed E-state index contributed by atoms with van der Waals surface area (Å²) in [6.07, 6.45) is 7.45. The van der Waals surface area contributed by atoms with E-state index in [4.69, 9.17) is 0 Å². The SMILES string of the molecule is CC(=O)N1CCNC(C2C3CC4CC(C3)CC2C4)C1. The second-order valence-corrected chi connectivity index (χ2v) is 7.53. The van der Waals surface area contributed by atoms with E-state index in [1.54, 1.807) is 6.92 Å². The van der Waals surface area contributed by atoms with Gasteiger partial charge in [-0.1, -0.05) is 0 Å². The predicted molar refractivity (Wildman–Crippen MR) is 74.6 cm³/mol. The molecule has 3 nitrogen and oxygen atoms in total. The maximum absolute atomic E-state index is 11.6. The van der Waals surface area contributed by atoms with Crippen molar-refractivity contribution in [2.45, 2.75) is 45.1 Å². The summed E-state index contributed by atoms with van der Waals surface area (Å²) in [7, 11) is 0. The van der Waals surface area contributed by atoms with Crippen LogP contribution in [0.25, 0.3) is 0 Å². The van der Waals surface area contributed by atoms with E-state index in [0.717, 1.165) is 49.2 Å². The lowest BCUT2D eigenvalue weighted by Gasteiger charge is -2.57. The van der Waals surface area contributed by atoms with Crippen LogP contribution in [-0.2, 0) is 4.79 Å². The largest absolute Gasteiger partial charge is 0.340 e. The molecule has 1 atom stereocenters. The summed E-state index contributed by atoms with van der Waals surface area (Å²) in [4.78, 5) is 13.7. The van der Waals surface area contributed by atoms with Crippen LogP contribution in [0.4, 0.5) is 0 Å². The Morgan fingerprint density at radius 2 is 1.68 bits per heavy atom. The fraction of sp³-hybridized carbons (Fsp3) is 0.938. The fourth-order valence-electron chi connectivity index (χ4n) is 5.95. The normalized spacial score (nSPS) is 48.6. The summed E-state index contributed by atoms with van der Waals surface area (Å²) in [6, 6.07) is 0.577. The van der Waals surface area contributed by atoms with Crippen LogP contribution >= 0.6 is 0 Å². The molecule has 0 radical (unpaired) electrons. The predicted octanol–water partition coefficient (Wildman–Crippen LogP) is 1.88. The molecule has 5 fully saturated rings. The maximum atomic E-state index is 11.6. The van der Waals surface area contributed by atoms with Gasteiger partial charge in [-0.25, -0.2) is 0 Å². The third-order valence-corrected chi connectivity index (χ3v) is 6.41. The first-order valence-electron chi connectivity index (χ1n) is 8.19. The highest BCUT2D eigenvalue weighted by Crippen LogP contribution is 2.57. The van der Waals surface area contributed by atoms with Crippen molar-refractivity contribution in [1.82, 2.24) is 10.2 Å². The number of amides is 1. The molecular formula is C16H26N2O. The third-order valence-electron chi connectivity index (χ3n) is 6.41. The molecule has 4 aliphatic carbocycles. The minimum absolute atomic E-state index is 0.260. The molecule has 0 aromatic rings. The van der Waals surface area contributed by atoms with Crippen molar-refractivity contribution >= 4 is 5.91 Å². The van der Waals surface area contributed by atoms with Gasteiger partial charge in [-0.3, -0.25) is 4.79 Å². The van der Waals surface area contributed by atoms with E-state index < -0.39 is 0 Å². The van der Waals surface area contributed by atoms with Crippen molar-refractivity contribution in [3.05, 3.63) is 0 Å². The molecule has 1 N–H and O–H groups in total. The lowest BCUT2D eigenvalue weighted by molar-refractivity contribution is -0.131. The summed E-state index contributed by atoms with van der Waals surface area (Å²) >= 11 is 0. The number of hydrogen-bond acceptors (Lipinski definition) is 2. The first-order valence-corrected chi connectivity index (χ1v) is 8.19. The highest BCUT2D eigenvalue weighted by molar-refractivity contribution is 5.73. The lowest BCUT2D eigenvalue weighted by atomic mass is 9.50. The Balaban J connectivity index is 1.51. The van der Waals surface area contributed by atoms with Gasteiger partial charge >= 0.3 is 0 Å². The van der Waals surface area contributed by atoms with Crippen molar-refractivity contribution in [3.8, 4) is 0 Å². The molecule has 3 heteroatoms. The van der Waals surface area contributed by atoms with Crippen molar-refractivity contribution in [1.29, 1.82) is 0 Å². The van der Waals surface area contributed by atoms with Crippen molar-refractivity contribution in [3.63, 3.8) is 0 Å². The minimum atomic E-state index is 0.260. The van der Waals surface area contributed by atoms with Crippen LogP contribution in [0.3, 0.4) is 0 Å². The lowest BCUT2D eigenvalue weighted by Crippen LogP contribution is -2.60. The van der Waals surface area contributed by atoms with Gasteiger partial charge in [0, 0.05) is 32.6 Å². The van der Waals surface area contributed by atoms with Gasteiger partial charge in [-0.2, -0.15) is 0 Å². The van der Waals surface area contributed by atoms with Crippen LogP contribution in [0.15, 0.2) is 0 Å². The number of nitrogens with zero attached hydrogens (tertiary/aromatic N) is 1. The van der Waals surface area contributed by atoms with E-state index in [2.05, 4.69) is 10.2 Å². The maximum Gasteiger partial charge on any atom is 0.219 e. The third kappa shape index (κ3) is 2.01. The molecule has 1 amide bonds. The van der Waals surface area contributed by atoms with E-state index in [0.29, 0.717) is 6.04 Å². The van der Waals surface area contributed by atoms with E-state index in [1.807, 2.05) is 0 Å². The van der Waals surface area contributed by atoms with Crippen LogP contribution in [0.5, 0.6) is 0 Å². The Morgan fingerprint density at radius 1 is 1.05 bits per heavy atom.